The van der Waals surface area contributed by atoms with E-state index in [1.54, 1.807) is 18.6 Å². The second-order valence-corrected chi connectivity index (χ2v) is 8.09. The highest BCUT2D eigenvalue weighted by molar-refractivity contribution is 5.94. The zero-order valence-corrected chi connectivity index (χ0v) is 19.4. The van der Waals surface area contributed by atoms with E-state index in [0.29, 0.717) is 13.2 Å². The van der Waals surface area contributed by atoms with E-state index in [0.717, 1.165) is 73.4 Å². The van der Waals surface area contributed by atoms with Gasteiger partial charge in [-0.2, -0.15) is 0 Å². The predicted molar refractivity (Wildman–Crippen MR) is 128 cm³/mol. The molecule has 0 bridgehead atoms. The molecule has 2 amide bonds. The molecule has 1 aliphatic heterocycles. The van der Waals surface area contributed by atoms with Crippen molar-refractivity contribution in [3.63, 3.8) is 0 Å². The van der Waals surface area contributed by atoms with Crippen LogP contribution in [-0.4, -0.2) is 55.0 Å². The number of ether oxygens (including phenoxy) is 1. The predicted octanol–water partition coefficient (Wildman–Crippen LogP) is 4.95. The number of nitrogens with zero attached hydrogens (tertiary/aromatic N) is 4. The molecular weight excluding hydrogens is 404 g/mol. The van der Waals surface area contributed by atoms with Gasteiger partial charge in [0.05, 0.1) is 12.8 Å². The van der Waals surface area contributed by atoms with E-state index in [4.69, 9.17) is 9.57 Å². The van der Waals surface area contributed by atoms with Crippen LogP contribution in [0.1, 0.15) is 49.3 Å². The number of anilines is 1. The van der Waals surface area contributed by atoms with E-state index in [2.05, 4.69) is 43.0 Å². The smallest absolute Gasteiger partial charge is 0.324 e. The number of amides is 2. The first-order valence-corrected chi connectivity index (χ1v) is 11.5. The van der Waals surface area contributed by atoms with Crippen molar-refractivity contribution in [1.29, 1.82) is 0 Å². The van der Waals surface area contributed by atoms with Gasteiger partial charge < -0.3 is 14.5 Å². The molecule has 2 heterocycles. The SMILES string of the molecule is CCCO/N=C/c1cc(C)c(OCCCCCN2CCN(c3ccncc3)C2=O)c(C)c1. The summed E-state index contributed by atoms with van der Waals surface area (Å²) in [5.74, 6) is 0.944. The Morgan fingerprint density at radius 3 is 2.53 bits per heavy atom. The lowest BCUT2D eigenvalue weighted by molar-refractivity contribution is 0.146. The first-order chi connectivity index (χ1) is 15.6. The fraction of sp³-hybridized carbons (Fsp3) is 0.480. The van der Waals surface area contributed by atoms with Crippen molar-refractivity contribution in [3.05, 3.63) is 53.3 Å². The minimum Gasteiger partial charge on any atom is -0.493 e. The van der Waals surface area contributed by atoms with Gasteiger partial charge in [-0.3, -0.25) is 9.88 Å². The highest BCUT2D eigenvalue weighted by Crippen LogP contribution is 2.25. The molecule has 3 rings (SSSR count). The van der Waals surface area contributed by atoms with Crippen LogP contribution in [0.4, 0.5) is 10.5 Å². The average molecular weight is 439 g/mol. The summed E-state index contributed by atoms with van der Waals surface area (Å²) in [6.07, 6.45) is 9.09. The van der Waals surface area contributed by atoms with E-state index in [9.17, 15) is 4.79 Å². The first kappa shape index (κ1) is 23.6. The van der Waals surface area contributed by atoms with Crippen LogP contribution >= 0.6 is 0 Å². The summed E-state index contributed by atoms with van der Waals surface area (Å²) in [6, 6.07) is 7.97. The van der Waals surface area contributed by atoms with E-state index in [-0.39, 0.29) is 6.03 Å². The molecule has 2 aromatic rings. The van der Waals surface area contributed by atoms with E-state index >= 15 is 0 Å². The summed E-state index contributed by atoms with van der Waals surface area (Å²) in [4.78, 5) is 25.6. The number of rotatable bonds is 12. The molecule has 7 heteroatoms. The van der Waals surface area contributed by atoms with Crippen LogP contribution in [0.25, 0.3) is 0 Å². The Labute approximate surface area is 191 Å². The molecule has 0 spiro atoms. The van der Waals surface area contributed by atoms with Gasteiger partial charge >= 0.3 is 6.03 Å². The fourth-order valence-electron chi connectivity index (χ4n) is 3.84. The van der Waals surface area contributed by atoms with E-state index < -0.39 is 0 Å². The van der Waals surface area contributed by atoms with Crippen LogP contribution < -0.4 is 9.64 Å². The van der Waals surface area contributed by atoms with Crippen molar-refractivity contribution in [2.45, 2.75) is 46.5 Å². The Morgan fingerprint density at radius 1 is 1.06 bits per heavy atom. The number of carbonyl (C=O) groups is 1. The molecule has 0 saturated carbocycles. The molecule has 0 N–H and O–H groups in total. The van der Waals surface area contributed by atoms with Gasteiger partial charge in [0.2, 0.25) is 0 Å². The number of hydrogen-bond donors (Lipinski definition) is 0. The number of benzene rings is 1. The summed E-state index contributed by atoms with van der Waals surface area (Å²) in [7, 11) is 0. The lowest BCUT2D eigenvalue weighted by atomic mass is 10.1. The second-order valence-electron chi connectivity index (χ2n) is 8.09. The Morgan fingerprint density at radius 2 is 1.81 bits per heavy atom. The van der Waals surface area contributed by atoms with Crippen molar-refractivity contribution in [1.82, 2.24) is 9.88 Å². The number of urea groups is 1. The van der Waals surface area contributed by atoms with Crippen LogP contribution in [0.2, 0.25) is 0 Å². The topological polar surface area (TPSA) is 67.3 Å². The maximum atomic E-state index is 12.6. The highest BCUT2D eigenvalue weighted by Gasteiger charge is 2.28. The van der Waals surface area contributed by atoms with Gasteiger partial charge in [-0.1, -0.05) is 12.1 Å². The summed E-state index contributed by atoms with van der Waals surface area (Å²) < 4.78 is 6.06. The fourth-order valence-corrected chi connectivity index (χ4v) is 3.84. The lowest BCUT2D eigenvalue weighted by Gasteiger charge is -2.18. The number of aryl methyl sites for hydroxylation is 2. The number of carbonyl (C=O) groups excluding carboxylic acids is 1. The second kappa shape index (κ2) is 12.1. The molecule has 7 nitrogen and oxygen atoms in total. The van der Waals surface area contributed by atoms with E-state index in [1.807, 2.05) is 21.9 Å². The highest BCUT2D eigenvalue weighted by atomic mass is 16.6. The Balaban J connectivity index is 1.37. The molecule has 1 aromatic carbocycles. The van der Waals surface area contributed by atoms with Crippen molar-refractivity contribution in [2.75, 3.05) is 37.7 Å². The summed E-state index contributed by atoms with van der Waals surface area (Å²) >= 11 is 0. The monoisotopic (exact) mass is 438 g/mol. The van der Waals surface area contributed by atoms with Crippen LogP contribution in [0.3, 0.4) is 0 Å². The van der Waals surface area contributed by atoms with Crippen molar-refractivity contribution < 1.29 is 14.4 Å². The molecule has 1 aliphatic rings. The first-order valence-electron chi connectivity index (χ1n) is 11.5. The van der Waals surface area contributed by atoms with Gasteiger partial charge in [-0.05, 0) is 80.5 Å². The quantitative estimate of drug-likeness (QED) is 0.267. The third kappa shape index (κ3) is 6.45. The minimum absolute atomic E-state index is 0.0856. The molecule has 0 unspecified atom stereocenters. The third-order valence-corrected chi connectivity index (χ3v) is 5.44. The van der Waals surface area contributed by atoms with Crippen LogP contribution in [0.5, 0.6) is 5.75 Å². The largest absolute Gasteiger partial charge is 0.493 e. The van der Waals surface area contributed by atoms with Gasteiger partial charge in [0.25, 0.3) is 0 Å². The van der Waals surface area contributed by atoms with Gasteiger partial charge in [0.15, 0.2) is 0 Å². The van der Waals surface area contributed by atoms with Gasteiger partial charge in [0, 0.05) is 37.7 Å². The normalized spacial score (nSPS) is 13.9. The maximum Gasteiger partial charge on any atom is 0.324 e. The molecule has 0 aliphatic carbocycles. The summed E-state index contributed by atoms with van der Waals surface area (Å²) in [5, 5.41) is 4.00. The average Bonchev–Trinajstić information content (AvgIpc) is 3.16. The van der Waals surface area contributed by atoms with Crippen LogP contribution in [0, 0.1) is 13.8 Å². The Hall–Kier alpha value is -3.09. The standard InChI is InChI=1S/C25H34N4O3/c1-4-15-32-27-19-22-17-20(2)24(21(3)18-22)31-16-7-5-6-12-28-13-14-29(25(28)30)23-8-10-26-11-9-23/h8-11,17-19H,4-7,12-16H2,1-3H3/b27-19+. The van der Waals surface area contributed by atoms with Gasteiger partial charge in [-0.15, -0.1) is 0 Å². The van der Waals surface area contributed by atoms with Crippen LogP contribution in [-0.2, 0) is 4.84 Å². The lowest BCUT2D eigenvalue weighted by Crippen LogP contribution is -2.32. The van der Waals surface area contributed by atoms with Gasteiger partial charge in [0.1, 0.15) is 12.4 Å². The molecule has 1 saturated heterocycles. The molecule has 1 aromatic heterocycles. The number of aromatic nitrogens is 1. The van der Waals surface area contributed by atoms with Crippen molar-refractivity contribution >= 4 is 17.9 Å². The molecule has 32 heavy (non-hydrogen) atoms. The third-order valence-electron chi connectivity index (χ3n) is 5.44. The molecule has 1 fully saturated rings. The van der Waals surface area contributed by atoms with Crippen molar-refractivity contribution in [3.8, 4) is 5.75 Å². The van der Waals surface area contributed by atoms with Crippen molar-refractivity contribution in [2.24, 2.45) is 5.16 Å². The Kier molecular flexibility index (Phi) is 8.90. The summed E-state index contributed by atoms with van der Waals surface area (Å²) in [5.41, 5.74) is 4.12. The molecule has 0 atom stereocenters. The van der Waals surface area contributed by atoms with E-state index in [1.165, 1.54) is 0 Å². The number of pyridine rings is 1. The zero-order valence-electron chi connectivity index (χ0n) is 19.4. The zero-order chi connectivity index (χ0) is 22.8. The number of hydrogen-bond acceptors (Lipinski definition) is 5. The molecular formula is C25H34N4O3. The summed E-state index contributed by atoms with van der Waals surface area (Å²) in [6.45, 7) is 9.76. The van der Waals surface area contributed by atoms with Gasteiger partial charge in [-0.25, -0.2) is 4.79 Å². The maximum absolute atomic E-state index is 12.6. The number of unbranched alkanes of at least 4 members (excludes halogenated alkanes) is 2. The number of oxime groups is 1. The molecule has 0 radical (unpaired) electrons. The molecule has 172 valence electrons. The van der Waals surface area contributed by atoms with Crippen LogP contribution in [0.15, 0.2) is 41.8 Å². The Bertz CT molecular complexity index is 878. The minimum atomic E-state index is 0.0856.